The summed E-state index contributed by atoms with van der Waals surface area (Å²) in [6, 6.07) is 7.39. The highest BCUT2D eigenvalue weighted by atomic mass is 19.4. The second kappa shape index (κ2) is 5.44. The molecule has 122 valence electrons. The number of aromatic nitrogens is 2. The lowest BCUT2D eigenvalue weighted by atomic mass is 10.1. The second-order valence-corrected chi connectivity index (χ2v) is 5.87. The lowest BCUT2D eigenvalue weighted by Crippen LogP contribution is -2.34. The highest BCUT2D eigenvalue weighted by Crippen LogP contribution is 2.36. The van der Waals surface area contributed by atoms with Crippen molar-refractivity contribution in [3.63, 3.8) is 0 Å². The first-order chi connectivity index (χ1) is 10.8. The van der Waals surface area contributed by atoms with Crippen molar-refractivity contribution >= 4 is 5.69 Å². The molecular formula is C17H18F3N3. The van der Waals surface area contributed by atoms with Gasteiger partial charge in [0.25, 0.3) is 0 Å². The maximum absolute atomic E-state index is 13.0. The molecule has 0 fully saturated rings. The molecular weight excluding hydrogens is 303 g/mol. The minimum absolute atomic E-state index is 0.00705. The highest BCUT2D eigenvalue weighted by Gasteiger charge is 2.33. The number of hydrogen-bond acceptors (Lipinski definition) is 2. The number of alkyl halides is 3. The van der Waals surface area contributed by atoms with Crippen LogP contribution in [0.5, 0.6) is 0 Å². The Hall–Kier alpha value is -2.24. The van der Waals surface area contributed by atoms with Crippen molar-refractivity contribution < 1.29 is 13.2 Å². The van der Waals surface area contributed by atoms with Crippen LogP contribution in [0.2, 0.25) is 0 Å². The molecule has 0 bridgehead atoms. The Morgan fingerprint density at radius 2 is 1.83 bits per heavy atom. The van der Waals surface area contributed by atoms with E-state index in [1.54, 1.807) is 6.07 Å². The number of benzene rings is 1. The van der Waals surface area contributed by atoms with Crippen LogP contribution in [0, 0.1) is 13.8 Å². The van der Waals surface area contributed by atoms with Crippen LogP contribution in [-0.4, -0.2) is 15.8 Å². The van der Waals surface area contributed by atoms with Crippen molar-refractivity contribution in [1.82, 2.24) is 9.78 Å². The van der Waals surface area contributed by atoms with Crippen molar-refractivity contribution in [2.45, 2.75) is 39.2 Å². The van der Waals surface area contributed by atoms with E-state index < -0.39 is 11.7 Å². The molecule has 23 heavy (non-hydrogen) atoms. The van der Waals surface area contributed by atoms with E-state index in [-0.39, 0.29) is 12.2 Å². The van der Waals surface area contributed by atoms with Crippen LogP contribution in [0.3, 0.4) is 0 Å². The molecule has 0 saturated heterocycles. The number of anilines is 1. The first-order valence-electron chi connectivity index (χ1n) is 7.44. The van der Waals surface area contributed by atoms with E-state index >= 15 is 0 Å². The van der Waals surface area contributed by atoms with Crippen molar-refractivity contribution in [3.05, 3.63) is 59.4 Å². The summed E-state index contributed by atoms with van der Waals surface area (Å²) in [5, 5.41) is 4.48. The average molecular weight is 321 g/mol. The van der Waals surface area contributed by atoms with Crippen LogP contribution in [0.1, 0.15) is 30.0 Å². The zero-order valence-corrected chi connectivity index (χ0v) is 13.2. The van der Waals surface area contributed by atoms with E-state index in [0.29, 0.717) is 5.69 Å². The first kappa shape index (κ1) is 15.6. The zero-order valence-electron chi connectivity index (χ0n) is 13.2. The smallest absolute Gasteiger partial charge is 0.340 e. The van der Waals surface area contributed by atoms with Crippen molar-refractivity contribution in [1.29, 1.82) is 0 Å². The fourth-order valence-corrected chi connectivity index (χ4v) is 3.03. The molecule has 1 aliphatic heterocycles. The van der Waals surface area contributed by atoms with E-state index in [1.165, 1.54) is 12.1 Å². The van der Waals surface area contributed by atoms with Crippen LogP contribution in [0.25, 0.3) is 0 Å². The minimum Gasteiger partial charge on any atom is -0.340 e. The molecule has 0 amide bonds. The highest BCUT2D eigenvalue weighted by molar-refractivity contribution is 5.54. The monoisotopic (exact) mass is 321 g/mol. The van der Waals surface area contributed by atoms with Gasteiger partial charge in [0.15, 0.2) is 0 Å². The van der Waals surface area contributed by atoms with E-state index in [2.05, 4.69) is 5.10 Å². The maximum Gasteiger partial charge on any atom is 0.416 e. The largest absolute Gasteiger partial charge is 0.416 e. The van der Waals surface area contributed by atoms with Gasteiger partial charge in [-0.1, -0.05) is 12.1 Å². The van der Waals surface area contributed by atoms with Crippen molar-refractivity contribution in [2.75, 3.05) is 4.90 Å². The van der Waals surface area contributed by atoms with Gasteiger partial charge in [0.05, 0.1) is 11.3 Å². The molecule has 3 rings (SSSR count). The summed E-state index contributed by atoms with van der Waals surface area (Å²) in [6.45, 7) is 5.81. The van der Waals surface area contributed by atoms with E-state index in [4.69, 9.17) is 0 Å². The molecule has 1 aliphatic rings. The first-order valence-corrected chi connectivity index (χ1v) is 7.44. The second-order valence-electron chi connectivity index (χ2n) is 5.87. The quantitative estimate of drug-likeness (QED) is 0.760. The van der Waals surface area contributed by atoms with Gasteiger partial charge in [-0.2, -0.15) is 18.3 Å². The molecule has 2 atom stereocenters. The van der Waals surface area contributed by atoms with Crippen LogP contribution in [0.15, 0.2) is 42.5 Å². The maximum atomic E-state index is 13.0. The predicted molar refractivity (Wildman–Crippen MR) is 83.3 cm³/mol. The fourth-order valence-electron chi connectivity index (χ4n) is 3.03. The molecule has 0 aliphatic carbocycles. The summed E-state index contributed by atoms with van der Waals surface area (Å²) in [7, 11) is 0. The summed E-state index contributed by atoms with van der Waals surface area (Å²) in [6.07, 6.45) is -0.603. The summed E-state index contributed by atoms with van der Waals surface area (Å²) >= 11 is 0. The third kappa shape index (κ3) is 2.85. The Labute approximate surface area is 133 Å². The van der Waals surface area contributed by atoms with Crippen LogP contribution in [-0.2, 0) is 6.18 Å². The van der Waals surface area contributed by atoms with Gasteiger partial charge in [0, 0.05) is 17.4 Å². The molecule has 3 nitrogen and oxygen atoms in total. The molecule has 6 heteroatoms. The fraction of sp³-hybridized carbons (Fsp3) is 0.353. The summed E-state index contributed by atoms with van der Waals surface area (Å²) in [4.78, 5) is 1.94. The number of nitrogens with zero attached hydrogens (tertiary/aromatic N) is 3. The van der Waals surface area contributed by atoms with Gasteiger partial charge >= 0.3 is 6.18 Å². The molecule has 1 aromatic carbocycles. The Kier molecular flexibility index (Phi) is 3.70. The molecule has 2 aromatic rings. The molecule has 0 N–H and O–H groups in total. The Balaban J connectivity index is 2.02. The molecule has 0 saturated carbocycles. The van der Waals surface area contributed by atoms with E-state index in [9.17, 15) is 13.2 Å². The Morgan fingerprint density at radius 1 is 1.09 bits per heavy atom. The zero-order chi connectivity index (χ0) is 16.8. The number of hydrogen-bond donors (Lipinski definition) is 0. The predicted octanol–water partition coefficient (Wildman–Crippen LogP) is 4.48. The van der Waals surface area contributed by atoms with E-state index in [1.807, 2.05) is 48.6 Å². The third-order valence-electron chi connectivity index (χ3n) is 4.05. The Bertz CT molecular complexity index is 746. The SMILES string of the molecule is Cc1cc(C)n(C2C=CC(C)N2c2cccc(C(F)(F)F)c2)n1. The van der Waals surface area contributed by atoms with Crippen LogP contribution < -0.4 is 4.90 Å². The van der Waals surface area contributed by atoms with Gasteiger partial charge in [-0.15, -0.1) is 0 Å². The van der Waals surface area contributed by atoms with Crippen LogP contribution >= 0.6 is 0 Å². The number of halogens is 3. The number of rotatable bonds is 2. The van der Waals surface area contributed by atoms with Gasteiger partial charge in [-0.05, 0) is 51.1 Å². The number of aryl methyl sites for hydroxylation is 2. The third-order valence-corrected chi connectivity index (χ3v) is 4.05. The standard InChI is InChI=1S/C17H18F3N3/c1-11-9-13(3)23(21-11)16-8-7-12(2)22(16)15-6-4-5-14(10-15)17(18,19)20/h4-10,12,16H,1-3H3. The minimum atomic E-state index is -4.35. The van der Waals surface area contributed by atoms with Crippen molar-refractivity contribution in [2.24, 2.45) is 0 Å². The normalized spacial score (nSPS) is 21.2. The molecule has 0 radical (unpaired) electrons. The lowest BCUT2D eigenvalue weighted by Gasteiger charge is -2.32. The lowest BCUT2D eigenvalue weighted by molar-refractivity contribution is -0.137. The molecule has 1 aromatic heterocycles. The summed E-state index contributed by atoms with van der Waals surface area (Å²) in [5.74, 6) is 0. The van der Waals surface area contributed by atoms with Gasteiger partial charge in [0.1, 0.15) is 6.17 Å². The topological polar surface area (TPSA) is 21.1 Å². The molecule has 0 spiro atoms. The van der Waals surface area contributed by atoms with Gasteiger partial charge in [-0.3, -0.25) is 0 Å². The van der Waals surface area contributed by atoms with E-state index in [0.717, 1.165) is 17.5 Å². The summed E-state index contributed by atoms with van der Waals surface area (Å²) in [5.41, 5.74) is 1.76. The molecule has 2 heterocycles. The van der Waals surface area contributed by atoms with Crippen molar-refractivity contribution in [3.8, 4) is 0 Å². The van der Waals surface area contributed by atoms with Gasteiger partial charge < -0.3 is 4.90 Å². The molecule has 2 unspecified atom stereocenters. The van der Waals surface area contributed by atoms with Gasteiger partial charge in [0.2, 0.25) is 0 Å². The average Bonchev–Trinajstić information content (AvgIpc) is 3.00. The van der Waals surface area contributed by atoms with Crippen LogP contribution in [0.4, 0.5) is 18.9 Å². The summed E-state index contributed by atoms with van der Waals surface area (Å²) < 4.78 is 40.8. The Morgan fingerprint density at radius 3 is 2.43 bits per heavy atom. The van der Waals surface area contributed by atoms with Gasteiger partial charge in [-0.25, -0.2) is 4.68 Å².